The van der Waals surface area contributed by atoms with E-state index in [1.54, 1.807) is 18.6 Å². The summed E-state index contributed by atoms with van der Waals surface area (Å²) in [6.07, 6.45) is 7.30. The van der Waals surface area contributed by atoms with E-state index in [1.165, 1.54) is 11.6 Å². The molecule has 2 aromatic heterocycles. The molecule has 4 aromatic rings. The summed E-state index contributed by atoms with van der Waals surface area (Å²) >= 11 is 0. The second-order valence-corrected chi connectivity index (χ2v) is 9.65. The van der Waals surface area contributed by atoms with E-state index in [4.69, 9.17) is 0 Å². The van der Waals surface area contributed by atoms with Crippen LogP contribution in [0.4, 0.5) is 4.39 Å². The fraction of sp³-hybridized carbons (Fsp3) is 0.385. The number of aromatic nitrogens is 4. The summed E-state index contributed by atoms with van der Waals surface area (Å²) < 4.78 is 18.5. The molecule has 7 heteroatoms. The van der Waals surface area contributed by atoms with Gasteiger partial charge in [0.1, 0.15) is 5.82 Å². The molecular weight excluding hydrogens is 419 g/mol. The van der Waals surface area contributed by atoms with Crippen molar-refractivity contribution < 1.29 is 14.6 Å². The first-order valence-electron chi connectivity index (χ1n) is 11.6. The van der Waals surface area contributed by atoms with Crippen LogP contribution < -0.4 is 0 Å². The van der Waals surface area contributed by atoms with Crippen LogP contribution in [0.1, 0.15) is 55.2 Å². The Hall–Kier alpha value is -3.03. The number of aryl methyl sites for hydroxylation is 1. The molecule has 1 aliphatic heterocycles. The zero-order valence-electron chi connectivity index (χ0n) is 18.5. The first-order chi connectivity index (χ1) is 15.9. The Kier molecular flexibility index (Phi) is 4.67. The number of hydrogen-bond acceptors (Lipinski definition) is 4. The molecule has 2 aromatic carbocycles. The van der Waals surface area contributed by atoms with Gasteiger partial charge in [-0.25, -0.2) is 9.37 Å². The highest BCUT2D eigenvalue weighted by molar-refractivity contribution is 5.78. The van der Waals surface area contributed by atoms with Gasteiger partial charge in [-0.2, -0.15) is 5.10 Å². The molecule has 6 nitrogen and oxygen atoms in total. The van der Waals surface area contributed by atoms with Gasteiger partial charge in [-0.05, 0) is 49.3 Å². The molecule has 1 fully saturated rings. The van der Waals surface area contributed by atoms with Crippen molar-refractivity contribution in [1.82, 2.24) is 19.3 Å². The lowest BCUT2D eigenvalue weighted by atomic mass is 9.72. The van der Waals surface area contributed by atoms with E-state index < -0.39 is 11.7 Å². The minimum Gasteiger partial charge on any atom is -0.390 e. The van der Waals surface area contributed by atoms with Crippen LogP contribution >= 0.6 is 0 Å². The SMILES string of the molecule is Cn1cc2ccc(C3CCC(O)([C@H](O)C[C@H]4c5c(F)cccc5-c5cncn54)CC3)cc2n1. The van der Waals surface area contributed by atoms with Gasteiger partial charge in [0.2, 0.25) is 0 Å². The molecule has 0 bridgehead atoms. The van der Waals surface area contributed by atoms with E-state index >= 15 is 0 Å². The summed E-state index contributed by atoms with van der Waals surface area (Å²) in [6.45, 7) is 0. The lowest BCUT2D eigenvalue weighted by Crippen LogP contribution is -2.46. The van der Waals surface area contributed by atoms with Crippen molar-refractivity contribution in [3.8, 4) is 11.3 Å². The highest BCUT2D eigenvalue weighted by Gasteiger charge is 2.43. The second-order valence-electron chi connectivity index (χ2n) is 9.65. The van der Waals surface area contributed by atoms with E-state index in [-0.39, 0.29) is 18.3 Å². The third kappa shape index (κ3) is 3.30. The van der Waals surface area contributed by atoms with E-state index in [0.29, 0.717) is 24.3 Å². The summed E-state index contributed by atoms with van der Waals surface area (Å²) in [7, 11) is 1.92. The molecule has 1 saturated carbocycles. The van der Waals surface area contributed by atoms with E-state index in [2.05, 4.69) is 28.3 Å². The van der Waals surface area contributed by atoms with Crippen molar-refractivity contribution in [2.24, 2.45) is 7.05 Å². The number of hydrogen-bond donors (Lipinski definition) is 2. The second kappa shape index (κ2) is 7.50. The minimum atomic E-state index is -1.18. The van der Waals surface area contributed by atoms with Crippen LogP contribution in [0.25, 0.3) is 22.2 Å². The average molecular weight is 447 g/mol. The number of benzene rings is 2. The number of rotatable bonds is 4. The quantitative estimate of drug-likeness (QED) is 0.490. The Morgan fingerprint density at radius 2 is 2.03 bits per heavy atom. The number of imidazole rings is 1. The molecule has 3 heterocycles. The number of aliphatic hydroxyl groups excluding tert-OH is 1. The van der Waals surface area contributed by atoms with Gasteiger partial charge < -0.3 is 14.8 Å². The maximum atomic E-state index is 14.7. The Balaban J connectivity index is 1.19. The van der Waals surface area contributed by atoms with Crippen LogP contribution in [0.15, 0.2) is 55.1 Å². The molecule has 33 heavy (non-hydrogen) atoms. The van der Waals surface area contributed by atoms with Crippen LogP contribution in [0, 0.1) is 5.82 Å². The Morgan fingerprint density at radius 1 is 1.21 bits per heavy atom. The molecule has 6 rings (SSSR count). The van der Waals surface area contributed by atoms with Crippen molar-refractivity contribution in [2.45, 2.75) is 55.8 Å². The fourth-order valence-electron chi connectivity index (χ4n) is 5.86. The van der Waals surface area contributed by atoms with Gasteiger partial charge in [-0.1, -0.05) is 24.3 Å². The van der Waals surface area contributed by atoms with E-state index in [0.717, 1.165) is 35.0 Å². The highest BCUT2D eigenvalue weighted by atomic mass is 19.1. The van der Waals surface area contributed by atoms with Crippen molar-refractivity contribution in [2.75, 3.05) is 0 Å². The van der Waals surface area contributed by atoms with Crippen LogP contribution in [-0.4, -0.2) is 41.2 Å². The molecule has 0 unspecified atom stereocenters. The molecule has 0 radical (unpaired) electrons. The number of halogens is 1. The number of nitrogens with zero attached hydrogens (tertiary/aromatic N) is 4. The normalized spacial score (nSPS) is 25.2. The monoisotopic (exact) mass is 446 g/mol. The first-order valence-corrected chi connectivity index (χ1v) is 11.6. The number of fused-ring (bicyclic) bond motifs is 4. The summed E-state index contributed by atoms with van der Waals surface area (Å²) in [6, 6.07) is 11.0. The molecule has 2 atom stereocenters. The predicted octanol–water partition coefficient (Wildman–Crippen LogP) is 4.32. The van der Waals surface area contributed by atoms with Gasteiger partial charge >= 0.3 is 0 Å². The molecule has 2 N–H and O–H groups in total. The summed E-state index contributed by atoms with van der Waals surface area (Å²) in [4.78, 5) is 4.22. The van der Waals surface area contributed by atoms with Crippen molar-refractivity contribution in [1.29, 1.82) is 0 Å². The topological polar surface area (TPSA) is 76.1 Å². The molecular formula is C26H27FN4O2. The summed E-state index contributed by atoms with van der Waals surface area (Å²) in [5.41, 5.74) is 3.27. The lowest BCUT2D eigenvalue weighted by molar-refractivity contribution is -0.105. The molecule has 1 aliphatic carbocycles. The maximum absolute atomic E-state index is 14.7. The van der Waals surface area contributed by atoms with Gasteiger partial charge in [0.15, 0.2) is 0 Å². The van der Waals surface area contributed by atoms with Gasteiger partial charge in [0.05, 0.1) is 41.5 Å². The predicted molar refractivity (Wildman–Crippen MR) is 123 cm³/mol. The van der Waals surface area contributed by atoms with Crippen LogP contribution in [0.2, 0.25) is 0 Å². The van der Waals surface area contributed by atoms with Crippen molar-refractivity contribution >= 4 is 10.9 Å². The third-order valence-electron chi connectivity index (χ3n) is 7.70. The van der Waals surface area contributed by atoms with E-state index in [1.807, 2.05) is 28.6 Å². The Bertz CT molecular complexity index is 1340. The van der Waals surface area contributed by atoms with E-state index in [9.17, 15) is 14.6 Å². The maximum Gasteiger partial charge on any atom is 0.129 e. The van der Waals surface area contributed by atoms with Crippen LogP contribution in [0.5, 0.6) is 0 Å². The molecule has 170 valence electrons. The van der Waals surface area contributed by atoms with Gasteiger partial charge in [-0.3, -0.25) is 4.68 Å². The summed E-state index contributed by atoms with van der Waals surface area (Å²) in [5.74, 6) is 0.0443. The Labute approximate surface area is 191 Å². The molecule has 2 aliphatic rings. The standard InChI is InChI=1S/C26H27FN4O2/c1-30-14-18-6-5-17(11-21(18)29-30)16-7-9-26(33,10-8-16)24(32)12-22-25-19(3-2-4-20(25)27)23-13-28-15-31(22)23/h2-6,11,13-16,22,24,32-33H,7-10,12H2,1H3/t16?,22-,24+,26?/m0/s1. The van der Waals surface area contributed by atoms with Crippen LogP contribution in [-0.2, 0) is 7.05 Å². The molecule has 0 amide bonds. The Morgan fingerprint density at radius 3 is 2.85 bits per heavy atom. The highest BCUT2D eigenvalue weighted by Crippen LogP contribution is 2.46. The number of aliphatic hydroxyl groups is 2. The van der Waals surface area contributed by atoms with Crippen LogP contribution in [0.3, 0.4) is 0 Å². The summed E-state index contributed by atoms with van der Waals surface area (Å²) in [5, 5.41) is 28.2. The molecule has 0 saturated heterocycles. The molecule has 0 spiro atoms. The zero-order valence-corrected chi connectivity index (χ0v) is 18.5. The average Bonchev–Trinajstić information content (AvgIpc) is 3.49. The van der Waals surface area contributed by atoms with Gasteiger partial charge in [-0.15, -0.1) is 0 Å². The van der Waals surface area contributed by atoms with Gasteiger partial charge in [0, 0.05) is 36.2 Å². The third-order valence-corrected chi connectivity index (χ3v) is 7.70. The lowest BCUT2D eigenvalue weighted by Gasteiger charge is -2.40. The van der Waals surface area contributed by atoms with Gasteiger partial charge in [0.25, 0.3) is 0 Å². The minimum absolute atomic E-state index is 0.248. The fourth-order valence-corrected chi connectivity index (χ4v) is 5.86. The largest absolute Gasteiger partial charge is 0.390 e. The first kappa shape index (κ1) is 20.6. The van der Waals surface area contributed by atoms with Crippen molar-refractivity contribution in [3.05, 3.63) is 72.1 Å². The zero-order chi connectivity index (χ0) is 22.7. The van der Waals surface area contributed by atoms with Crippen molar-refractivity contribution in [3.63, 3.8) is 0 Å². The smallest absolute Gasteiger partial charge is 0.129 e.